The molecule has 1 N–H and O–H groups in total. The van der Waals surface area contributed by atoms with Gasteiger partial charge in [-0.05, 0) is 35.4 Å². The summed E-state index contributed by atoms with van der Waals surface area (Å²) >= 11 is 0. The van der Waals surface area contributed by atoms with Crippen molar-refractivity contribution < 1.29 is 14.3 Å². The van der Waals surface area contributed by atoms with E-state index in [1.165, 1.54) is 0 Å². The van der Waals surface area contributed by atoms with E-state index in [-0.39, 0.29) is 24.2 Å². The standard InChI is InChI=1S/C21H22N2O3/c1-22-21(25)17-13-20(24)23(14-17)18-9-5-15(6-10-18)3-4-16-7-11-19(26-2)12-8-16/h3-12,17H,13-14H2,1-2H3,(H,22,25)/b4-3+/t17-/m0/s1. The smallest absolute Gasteiger partial charge is 0.227 e. The highest BCUT2D eigenvalue weighted by molar-refractivity contribution is 6.00. The Bertz CT molecular complexity index is 810. The fourth-order valence-electron chi connectivity index (χ4n) is 3.01. The lowest BCUT2D eigenvalue weighted by molar-refractivity contribution is -0.125. The third kappa shape index (κ3) is 3.94. The lowest BCUT2D eigenvalue weighted by Crippen LogP contribution is -2.30. The van der Waals surface area contributed by atoms with E-state index < -0.39 is 0 Å². The van der Waals surface area contributed by atoms with Crippen molar-refractivity contribution in [3.63, 3.8) is 0 Å². The van der Waals surface area contributed by atoms with Gasteiger partial charge in [0.25, 0.3) is 0 Å². The van der Waals surface area contributed by atoms with Crippen LogP contribution in [-0.4, -0.2) is 32.5 Å². The molecule has 26 heavy (non-hydrogen) atoms. The van der Waals surface area contributed by atoms with Crippen LogP contribution >= 0.6 is 0 Å². The van der Waals surface area contributed by atoms with Crippen LogP contribution in [0.2, 0.25) is 0 Å². The first-order chi connectivity index (χ1) is 12.6. The van der Waals surface area contributed by atoms with Crippen LogP contribution in [0, 0.1) is 5.92 Å². The summed E-state index contributed by atoms with van der Waals surface area (Å²) in [5.41, 5.74) is 2.94. The molecule has 1 saturated heterocycles. The van der Waals surface area contributed by atoms with E-state index in [1.54, 1.807) is 19.1 Å². The second-order valence-electron chi connectivity index (χ2n) is 6.22. The molecule has 134 valence electrons. The zero-order valence-corrected chi connectivity index (χ0v) is 14.9. The normalized spacial score (nSPS) is 16.9. The van der Waals surface area contributed by atoms with E-state index in [1.807, 2.05) is 60.7 Å². The molecule has 0 radical (unpaired) electrons. The van der Waals surface area contributed by atoms with Crippen molar-refractivity contribution in [2.45, 2.75) is 6.42 Å². The van der Waals surface area contributed by atoms with Crippen molar-refractivity contribution in [1.82, 2.24) is 5.32 Å². The maximum absolute atomic E-state index is 12.2. The van der Waals surface area contributed by atoms with Crippen LogP contribution in [0.3, 0.4) is 0 Å². The third-order valence-corrected chi connectivity index (χ3v) is 4.53. The summed E-state index contributed by atoms with van der Waals surface area (Å²) in [6, 6.07) is 15.6. The van der Waals surface area contributed by atoms with E-state index in [4.69, 9.17) is 4.74 Å². The quantitative estimate of drug-likeness (QED) is 0.844. The highest BCUT2D eigenvalue weighted by Gasteiger charge is 2.34. The number of amides is 2. The lowest BCUT2D eigenvalue weighted by atomic mass is 10.1. The molecule has 1 heterocycles. The molecule has 5 nitrogen and oxygen atoms in total. The minimum absolute atomic E-state index is 0.0138. The Morgan fingerprint density at radius 3 is 2.19 bits per heavy atom. The van der Waals surface area contributed by atoms with Crippen molar-refractivity contribution in [2.24, 2.45) is 5.92 Å². The molecule has 0 saturated carbocycles. The molecule has 0 aliphatic carbocycles. The first-order valence-electron chi connectivity index (χ1n) is 8.55. The van der Waals surface area contributed by atoms with Gasteiger partial charge >= 0.3 is 0 Å². The summed E-state index contributed by atoms with van der Waals surface area (Å²) in [7, 11) is 3.24. The number of nitrogens with one attached hydrogen (secondary N) is 1. The average molecular weight is 350 g/mol. The number of carbonyl (C=O) groups excluding carboxylic acids is 2. The number of hydrogen-bond acceptors (Lipinski definition) is 3. The first-order valence-corrected chi connectivity index (χ1v) is 8.55. The van der Waals surface area contributed by atoms with Gasteiger partial charge in [0.05, 0.1) is 13.0 Å². The maximum Gasteiger partial charge on any atom is 0.227 e. The molecule has 3 rings (SSSR count). The highest BCUT2D eigenvalue weighted by atomic mass is 16.5. The fraction of sp³-hybridized carbons (Fsp3) is 0.238. The molecule has 0 aromatic heterocycles. The van der Waals surface area contributed by atoms with Crippen molar-refractivity contribution in [2.75, 3.05) is 25.6 Å². The third-order valence-electron chi connectivity index (χ3n) is 4.53. The minimum Gasteiger partial charge on any atom is -0.497 e. The molecule has 1 atom stereocenters. The van der Waals surface area contributed by atoms with Crippen molar-refractivity contribution in [3.05, 3.63) is 59.7 Å². The number of anilines is 1. The van der Waals surface area contributed by atoms with Crippen LogP contribution in [0.15, 0.2) is 48.5 Å². The van der Waals surface area contributed by atoms with Crippen LogP contribution in [0.25, 0.3) is 12.2 Å². The number of ether oxygens (including phenoxy) is 1. The first kappa shape index (κ1) is 17.7. The van der Waals surface area contributed by atoms with Gasteiger partial charge in [0.1, 0.15) is 5.75 Å². The molecular formula is C21H22N2O3. The van der Waals surface area contributed by atoms with Crippen molar-refractivity contribution in [1.29, 1.82) is 0 Å². The number of methoxy groups -OCH3 is 1. The predicted molar refractivity (Wildman–Crippen MR) is 103 cm³/mol. The number of nitrogens with zero attached hydrogens (tertiary/aromatic N) is 1. The molecule has 1 aliphatic heterocycles. The Balaban J connectivity index is 1.67. The zero-order valence-electron chi connectivity index (χ0n) is 14.9. The van der Waals surface area contributed by atoms with E-state index in [0.717, 1.165) is 22.6 Å². The molecule has 2 aromatic rings. The van der Waals surface area contributed by atoms with Gasteiger partial charge in [0.15, 0.2) is 0 Å². The van der Waals surface area contributed by atoms with E-state index >= 15 is 0 Å². The van der Waals surface area contributed by atoms with E-state index in [2.05, 4.69) is 5.32 Å². The van der Waals surface area contributed by atoms with E-state index in [9.17, 15) is 9.59 Å². The van der Waals surface area contributed by atoms with Gasteiger partial charge in [0, 0.05) is 25.7 Å². The predicted octanol–water partition coefficient (Wildman–Crippen LogP) is 2.96. The number of rotatable bonds is 5. The number of benzene rings is 2. The fourth-order valence-corrected chi connectivity index (χ4v) is 3.01. The molecule has 0 unspecified atom stereocenters. The van der Waals surface area contributed by atoms with Crippen LogP contribution in [0.4, 0.5) is 5.69 Å². The van der Waals surface area contributed by atoms with Crippen LogP contribution < -0.4 is 15.0 Å². The molecule has 1 fully saturated rings. The molecule has 0 spiro atoms. The molecule has 2 amide bonds. The van der Waals surface area contributed by atoms with Gasteiger partial charge in [0.2, 0.25) is 11.8 Å². The summed E-state index contributed by atoms with van der Waals surface area (Å²) in [5, 5.41) is 2.61. The summed E-state index contributed by atoms with van der Waals surface area (Å²) in [6.45, 7) is 0.430. The Morgan fingerprint density at radius 1 is 1.08 bits per heavy atom. The largest absolute Gasteiger partial charge is 0.497 e. The molecule has 0 bridgehead atoms. The van der Waals surface area contributed by atoms with Gasteiger partial charge in [-0.3, -0.25) is 9.59 Å². The van der Waals surface area contributed by atoms with Crippen LogP contribution in [-0.2, 0) is 9.59 Å². The highest BCUT2D eigenvalue weighted by Crippen LogP contribution is 2.26. The molecule has 1 aliphatic rings. The SMILES string of the molecule is CNC(=O)[C@H]1CC(=O)N(c2ccc(/C=C/c3ccc(OC)cc3)cc2)C1. The van der Waals surface area contributed by atoms with Gasteiger partial charge in [-0.15, -0.1) is 0 Å². The Morgan fingerprint density at radius 2 is 1.65 bits per heavy atom. The van der Waals surface area contributed by atoms with Gasteiger partial charge in [-0.2, -0.15) is 0 Å². The summed E-state index contributed by atoms with van der Waals surface area (Å²) in [5.74, 6) is 0.457. The second-order valence-corrected chi connectivity index (χ2v) is 6.22. The Kier molecular flexibility index (Phi) is 5.37. The van der Waals surface area contributed by atoms with Gasteiger partial charge in [-0.25, -0.2) is 0 Å². The van der Waals surface area contributed by atoms with Crippen LogP contribution in [0.5, 0.6) is 5.75 Å². The summed E-state index contributed by atoms with van der Waals surface area (Å²) < 4.78 is 5.15. The lowest BCUT2D eigenvalue weighted by Gasteiger charge is -2.16. The topological polar surface area (TPSA) is 58.6 Å². The molecule has 2 aromatic carbocycles. The second kappa shape index (κ2) is 7.87. The Hall–Kier alpha value is -3.08. The minimum atomic E-state index is -0.276. The molecular weight excluding hydrogens is 328 g/mol. The van der Waals surface area contributed by atoms with Crippen molar-refractivity contribution in [3.8, 4) is 5.75 Å². The average Bonchev–Trinajstić information content (AvgIpc) is 3.08. The van der Waals surface area contributed by atoms with E-state index in [0.29, 0.717) is 6.54 Å². The molecule has 5 heteroatoms. The van der Waals surface area contributed by atoms with Gasteiger partial charge < -0.3 is 15.0 Å². The van der Waals surface area contributed by atoms with Gasteiger partial charge in [-0.1, -0.05) is 36.4 Å². The summed E-state index contributed by atoms with van der Waals surface area (Å²) in [6.07, 6.45) is 4.31. The number of hydrogen-bond donors (Lipinski definition) is 1. The van der Waals surface area contributed by atoms with Crippen molar-refractivity contribution >= 4 is 29.7 Å². The zero-order chi connectivity index (χ0) is 18.5. The Labute approximate surface area is 153 Å². The summed E-state index contributed by atoms with van der Waals surface area (Å²) in [4.78, 5) is 25.6. The number of carbonyl (C=O) groups is 2. The van der Waals surface area contributed by atoms with Crippen LogP contribution in [0.1, 0.15) is 17.5 Å². The maximum atomic E-state index is 12.2. The monoisotopic (exact) mass is 350 g/mol.